The van der Waals surface area contributed by atoms with Crippen LogP contribution in [0, 0.1) is 6.92 Å². The van der Waals surface area contributed by atoms with Crippen molar-refractivity contribution in [2.24, 2.45) is 0 Å². The number of alkyl halides is 1. The van der Waals surface area contributed by atoms with Crippen molar-refractivity contribution in [2.45, 2.75) is 30.6 Å². The second-order valence-electron chi connectivity index (χ2n) is 6.27. The highest BCUT2D eigenvalue weighted by atomic mass is 35.5. The van der Waals surface area contributed by atoms with Crippen LogP contribution >= 0.6 is 11.6 Å². The van der Waals surface area contributed by atoms with Gasteiger partial charge in [0.25, 0.3) is 10.1 Å². The predicted octanol–water partition coefficient (Wildman–Crippen LogP) is 2.90. The Morgan fingerprint density at radius 1 is 1.00 bits per heavy atom. The lowest BCUT2D eigenvalue weighted by atomic mass is 10.2. The van der Waals surface area contributed by atoms with Gasteiger partial charge in [0.1, 0.15) is 6.10 Å². The summed E-state index contributed by atoms with van der Waals surface area (Å²) in [5.74, 6) is 0.135. The molecular weight excluding hydrogens is 404 g/mol. The molecule has 28 heavy (non-hydrogen) atoms. The third-order valence-corrected chi connectivity index (χ3v) is 5.53. The third kappa shape index (κ3) is 7.50. The van der Waals surface area contributed by atoms with Gasteiger partial charge in [0.2, 0.25) is 0 Å². The molecule has 0 radical (unpaired) electrons. The van der Waals surface area contributed by atoms with E-state index < -0.39 is 28.9 Å². The molecule has 0 bridgehead atoms. The number of hydrogen-bond acceptors (Lipinski definition) is 6. The summed E-state index contributed by atoms with van der Waals surface area (Å²) >= 11 is 5.91. The van der Waals surface area contributed by atoms with Crippen molar-refractivity contribution in [3.8, 4) is 0 Å². The molecule has 0 amide bonds. The van der Waals surface area contributed by atoms with E-state index in [2.05, 4.69) is 0 Å². The van der Waals surface area contributed by atoms with Crippen LogP contribution in [0.5, 0.6) is 0 Å². The summed E-state index contributed by atoms with van der Waals surface area (Å²) < 4.78 is 40.7. The number of hydrogen-bond donors (Lipinski definition) is 1. The van der Waals surface area contributed by atoms with Gasteiger partial charge in [-0.05, 0) is 24.6 Å². The van der Waals surface area contributed by atoms with Crippen molar-refractivity contribution in [3.05, 3.63) is 65.7 Å². The number of benzene rings is 2. The fourth-order valence-electron chi connectivity index (χ4n) is 2.35. The van der Waals surface area contributed by atoms with Gasteiger partial charge in [-0.15, -0.1) is 11.6 Å². The first-order valence-corrected chi connectivity index (χ1v) is 10.8. The lowest BCUT2D eigenvalue weighted by Gasteiger charge is -2.22. The SMILES string of the molecule is Cc1ccc(S(=O)(=O)OCC(CO)OC(CCl)COCc2ccccc2)cc1. The average Bonchev–Trinajstić information content (AvgIpc) is 2.71. The maximum absolute atomic E-state index is 12.2. The molecule has 0 heterocycles. The first-order valence-electron chi connectivity index (χ1n) is 8.84. The smallest absolute Gasteiger partial charge is 0.297 e. The quantitative estimate of drug-likeness (QED) is 0.413. The summed E-state index contributed by atoms with van der Waals surface area (Å²) in [6, 6.07) is 16.0. The number of aliphatic hydroxyl groups excluding tert-OH is 1. The molecule has 0 aliphatic carbocycles. The molecule has 2 unspecified atom stereocenters. The van der Waals surface area contributed by atoms with E-state index in [4.69, 9.17) is 25.3 Å². The summed E-state index contributed by atoms with van der Waals surface area (Å²) in [6.07, 6.45) is -1.35. The normalized spacial score (nSPS) is 14.0. The summed E-state index contributed by atoms with van der Waals surface area (Å²) in [5.41, 5.74) is 1.96. The van der Waals surface area contributed by atoms with Gasteiger partial charge in [0, 0.05) is 0 Å². The molecule has 0 saturated heterocycles. The molecule has 2 atom stereocenters. The Hall–Kier alpha value is -1.48. The standard InChI is InChI=1S/C20H25ClO6S/c1-16-7-9-20(10-8-16)28(23,24)26-15-19(12-22)27-18(11-21)14-25-13-17-5-3-2-4-6-17/h2-10,18-19,22H,11-15H2,1H3. The van der Waals surface area contributed by atoms with E-state index in [9.17, 15) is 13.5 Å². The van der Waals surface area contributed by atoms with E-state index in [-0.39, 0.29) is 24.0 Å². The summed E-state index contributed by atoms with van der Waals surface area (Å²) in [5, 5.41) is 9.49. The van der Waals surface area contributed by atoms with Gasteiger partial charge in [-0.3, -0.25) is 4.18 Å². The van der Waals surface area contributed by atoms with E-state index in [1.807, 2.05) is 37.3 Å². The van der Waals surface area contributed by atoms with Gasteiger partial charge in [-0.2, -0.15) is 8.42 Å². The summed E-state index contributed by atoms with van der Waals surface area (Å²) in [6.45, 7) is 1.74. The van der Waals surface area contributed by atoms with Gasteiger partial charge < -0.3 is 14.6 Å². The second kappa shape index (κ2) is 11.5. The van der Waals surface area contributed by atoms with Crippen LogP contribution in [0.2, 0.25) is 0 Å². The molecule has 2 rings (SSSR count). The van der Waals surface area contributed by atoms with Gasteiger partial charge in [-0.25, -0.2) is 0 Å². The van der Waals surface area contributed by atoms with Gasteiger partial charge >= 0.3 is 0 Å². The van der Waals surface area contributed by atoms with Crippen molar-refractivity contribution >= 4 is 21.7 Å². The van der Waals surface area contributed by atoms with Gasteiger partial charge in [0.05, 0.1) is 43.3 Å². The maximum Gasteiger partial charge on any atom is 0.297 e. The second-order valence-corrected chi connectivity index (χ2v) is 8.19. The van der Waals surface area contributed by atoms with Crippen molar-refractivity contribution in [1.29, 1.82) is 0 Å². The lowest BCUT2D eigenvalue weighted by molar-refractivity contribution is -0.0798. The maximum atomic E-state index is 12.2. The summed E-state index contributed by atoms with van der Waals surface area (Å²) in [7, 11) is -3.93. The molecule has 0 fully saturated rings. The number of rotatable bonds is 12. The number of aliphatic hydroxyl groups is 1. The molecule has 0 saturated carbocycles. The van der Waals surface area contributed by atoms with E-state index in [1.165, 1.54) is 12.1 Å². The Bertz CT molecular complexity index is 795. The highest BCUT2D eigenvalue weighted by Gasteiger charge is 2.21. The van der Waals surface area contributed by atoms with E-state index in [1.54, 1.807) is 12.1 Å². The van der Waals surface area contributed by atoms with Gasteiger partial charge in [-0.1, -0.05) is 48.0 Å². The minimum atomic E-state index is -3.93. The zero-order valence-corrected chi connectivity index (χ0v) is 17.2. The van der Waals surface area contributed by atoms with Crippen LogP contribution in [0.1, 0.15) is 11.1 Å². The fraction of sp³-hybridized carbons (Fsp3) is 0.400. The molecule has 8 heteroatoms. The van der Waals surface area contributed by atoms with Crippen molar-refractivity contribution in [2.75, 3.05) is 25.7 Å². The Morgan fingerprint density at radius 3 is 2.29 bits per heavy atom. The van der Waals surface area contributed by atoms with E-state index >= 15 is 0 Å². The summed E-state index contributed by atoms with van der Waals surface area (Å²) in [4.78, 5) is 0.0508. The number of ether oxygens (including phenoxy) is 2. The van der Waals surface area contributed by atoms with Crippen LogP contribution in [0.3, 0.4) is 0 Å². The fourth-order valence-corrected chi connectivity index (χ4v) is 3.45. The minimum Gasteiger partial charge on any atom is -0.394 e. The van der Waals surface area contributed by atoms with E-state index in [0.29, 0.717) is 6.61 Å². The first kappa shape index (κ1) is 22.8. The minimum absolute atomic E-state index is 0.0508. The Kier molecular flexibility index (Phi) is 9.37. The van der Waals surface area contributed by atoms with Crippen LogP contribution in [0.25, 0.3) is 0 Å². The van der Waals surface area contributed by atoms with Crippen molar-refractivity contribution in [1.82, 2.24) is 0 Å². The Labute approximate surface area is 171 Å². The molecular formula is C20H25ClO6S. The Balaban J connectivity index is 1.83. The van der Waals surface area contributed by atoms with Crippen molar-refractivity contribution < 1.29 is 27.2 Å². The van der Waals surface area contributed by atoms with Crippen LogP contribution < -0.4 is 0 Å². The van der Waals surface area contributed by atoms with Crippen LogP contribution in [0.4, 0.5) is 0 Å². The van der Waals surface area contributed by atoms with E-state index in [0.717, 1.165) is 11.1 Å². The lowest BCUT2D eigenvalue weighted by Crippen LogP contribution is -2.33. The predicted molar refractivity (Wildman–Crippen MR) is 107 cm³/mol. The first-order chi connectivity index (χ1) is 13.4. The monoisotopic (exact) mass is 428 g/mol. The highest BCUT2D eigenvalue weighted by Crippen LogP contribution is 2.14. The molecule has 2 aromatic rings. The molecule has 0 spiro atoms. The zero-order chi connectivity index (χ0) is 20.4. The van der Waals surface area contributed by atoms with Crippen LogP contribution in [0.15, 0.2) is 59.5 Å². The molecule has 0 aliphatic rings. The van der Waals surface area contributed by atoms with Crippen LogP contribution in [-0.4, -0.2) is 51.4 Å². The Morgan fingerprint density at radius 2 is 1.68 bits per heavy atom. The number of halogens is 1. The molecule has 2 aromatic carbocycles. The molecule has 6 nitrogen and oxygen atoms in total. The molecule has 1 N–H and O–H groups in total. The average molecular weight is 429 g/mol. The number of aryl methyl sites for hydroxylation is 1. The van der Waals surface area contributed by atoms with Gasteiger partial charge in [0.15, 0.2) is 0 Å². The third-order valence-electron chi connectivity index (χ3n) is 3.89. The zero-order valence-electron chi connectivity index (χ0n) is 15.7. The topological polar surface area (TPSA) is 82.1 Å². The van der Waals surface area contributed by atoms with Crippen molar-refractivity contribution in [3.63, 3.8) is 0 Å². The highest BCUT2D eigenvalue weighted by molar-refractivity contribution is 7.86. The largest absolute Gasteiger partial charge is 0.394 e. The molecule has 0 aromatic heterocycles. The molecule has 154 valence electrons. The van der Waals surface area contributed by atoms with Crippen LogP contribution in [-0.2, 0) is 30.4 Å². The molecule has 0 aliphatic heterocycles.